The standard InChI is InChI=1S/C16H26NO6/c1-11(2)14(20)22-9-12(18)10-23-15(21)16(3,4)8-7-13(19)17(5)6/h7,12,18H,1,8-10H2,2-6H3. The van der Waals surface area contributed by atoms with Gasteiger partial charge in [0.2, 0.25) is 5.91 Å². The first kappa shape index (κ1) is 21.1. The molecule has 0 bridgehead atoms. The first-order chi connectivity index (χ1) is 10.5. The van der Waals surface area contributed by atoms with E-state index in [0.717, 1.165) is 0 Å². The van der Waals surface area contributed by atoms with Gasteiger partial charge in [-0.3, -0.25) is 9.59 Å². The number of carbonyl (C=O) groups is 3. The SMILES string of the molecule is C=C(C)C(=O)OCC(O)COC(=O)C(C)(C)C[CH]C(=O)N(C)C. The molecule has 0 aliphatic rings. The minimum atomic E-state index is -1.12. The first-order valence-corrected chi connectivity index (χ1v) is 7.19. The second kappa shape index (κ2) is 9.29. The smallest absolute Gasteiger partial charge is 0.333 e. The summed E-state index contributed by atoms with van der Waals surface area (Å²) < 4.78 is 9.76. The fourth-order valence-corrected chi connectivity index (χ4v) is 1.32. The van der Waals surface area contributed by atoms with Crippen molar-refractivity contribution in [2.45, 2.75) is 33.3 Å². The Kier molecular flexibility index (Phi) is 8.53. The van der Waals surface area contributed by atoms with E-state index in [4.69, 9.17) is 9.47 Å². The van der Waals surface area contributed by atoms with Crippen LogP contribution in [-0.2, 0) is 23.9 Å². The van der Waals surface area contributed by atoms with Gasteiger partial charge in [0.1, 0.15) is 19.3 Å². The van der Waals surface area contributed by atoms with E-state index < -0.39 is 23.5 Å². The van der Waals surface area contributed by atoms with Gasteiger partial charge in [0, 0.05) is 19.7 Å². The average molecular weight is 328 g/mol. The highest BCUT2D eigenvalue weighted by Gasteiger charge is 2.31. The average Bonchev–Trinajstić information content (AvgIpc) is 2.47. The first-order valence-electron chi connectivity index (χ1n) is 7.19. The van der Waals surface area contributed by atoms with Gasteiger partial charge in [-0.15, -0.1) is 0 Å². The van der Waals surface area contributed by atoms with E-state index in [9.17, 15) is 19.5 Å². The molecule has 0 aromatic rings. The maximum atomic E-state index is 12.0. The van der Waals surface area contributed by atoms with Crippen molar-refractivity contribution in [1.29, 1.82) is 0 Å². The lowest BCUT2D eigenvalue weighted by Crippen LogP contribution is -2.33. The third-order valence-electron chi connectivity index (χ3n) is 2.94. The van der Waals surface area contributed by atoms with Gasteiger partial charge in [-0.05, 0) is 27.2 Å². The Morgan fingerprint density at radius 1 is 1.22 bits per heavy atom. The van der Waals surface area contributed by atoms with Crippen molar-refractivity contribution < 1.29 is 29.0 Å². The number of nitrogens with zero attached hydrogens (tertiary/aromatic N) is 1. The van der Waals surface area contributed by atoms with Crippen LogP contribution in [0.2, 0.25) is 0 Å². The topological polar surface area (TPSA) is 93.1 Å². The van der Waals surface area contributed by atoms with Crippen LogP contribution in [0.4, 0.5) is 0 Å². The zero-order chi connectivity index (χ0) is 18.2. The van der Waals surface area contributed by atoms with Gasteiger partial charge in [-0.1, -0.05) is 6.58 Å². The number of amides is 1. The molecule has 0 rings (SSSR count). The molecule has 131 valence electrons. The number of aliphatic hydroxyl groups excluding tert-OH is 1. The molecule has 0 spiro atoms. The van der Waals surface area contributed by atoms with Crippen molar-refractivity contribution in [3.05, 3.63) is 18.6 Å². The Hall–Kier alpha value is -1.89. The third kappa shape index (κ3) is 8.35. The fourth-order valence-electron chi connectivity index (χ4n) is 1.32. The highest BCUT2D eigenvalue weighted by Crippen LogP contribution is 2.24. The molecule has 1 N–H and O–H groups in total. The van der Waals surface area contributed by atoms with Crippen LogP contribution in [0.15, 0.2) is 12.2 Å². The van der Waals surface area contributed by atoms with Gasteiger partial charge in [0.25, 0.3) is 0 Å². The molecule has 0 saturated heterocycles. The molecule has 0 heterocycles. The maximum Gasteiger partial charge on any atom is 0.333 e. The second-order valence-corrected chi connectivity index (χ2v) is 6.16. The molecule has 0 fully saturated rings. The molecule has 1 atom stereocenters. The Morgan fingerprint density at radius 2 is 1.74 bits per heavy atom. The van der Waals surface area contributed by atoms with Gasteiger partial charge >= 0.3 is 11.9 Å². The Bertz CT molecular complexity index is 455. The number of carbonyl (C=O) groups excluding carboxylic acids is 3. The summed E-state index contributed by atoms with van der Waals surface area (Å²) in [7, 11) is 3.24. The minimum Gasteiger partial charge on any atom is -0.462 e. The van der Waals surface area contributed by atoms with Crippen LogP contribution in [-0.4, -0.2) is 61.3 Å². The van der Waals surface area contributed by atoms with E-state index in [1.54, 1.807) is 27.9 Å². The predicted octanol–water partition coefficient (Wildman–Crippen LogP) is 0.719. The molecule has 0 aliphatic heterocycles. The molecular formula is C16H26NO6. The van der Waals surface area contributed by atoms with Crippen LogP contribution in [0.25, 0.3) is 0 Å². The molecule has 0 aromatic carbocycles. The van der Waals surface area contributed by atoms with Crippen molar-refractivity contribution in [1.82, 2.24) is 4.90 Å². The van der Waals surface area contributed by atoms with Gasteiger partial charge < -0.3 is 19.5 Å². The summed E-state index contributed by atoms with van der Waals surface area (Å²) in [6, 6.07) is 0. The van der Waals surface area contributed by atoms with Crippen molar-refractivity contribution in [2.24, 2.45) is 5.41 Å². The molecule has 1 unspecified atom stereocenters. The van der Waals surface area contributed by atoms with Crippen LogP contribution in [0.3, 0.4) is 0 Å². The van der Waals surface area contributed by atoms with E-state index in [2.05, 4.69) is 6.58 Å². The van der Waals surface area contributed by atoms with Crippen molar-refractivity contribution in [3.8, 4) is 0 Å². The third-order valence-corrected chi connectivity index (χ3v) is 2.94. The lowest BCUT2D eigenvalue weighted by molar-refractivity contribution is -0.159. The summed E-state index contributed by atoms with van der Waals surface area (Å²) >= 11 is 0. The van der Waals surface area contributed by atoms with Crippen molar-refractivity contribution >= 4 is 17.8 Å². The fraction of sp³-hybridized carbons (Fsp3) is 0.625. The summed E-state index contributed by atoms with van der Waals surface area (Å²) in [6.45, 7) is 7.60. The summed E-state index contributed by atoms with van der Waals surface area (Å²) in [4.78, 5) is 36.1. The van der Waals surface area contributed by atoms with Gasteiger partial charge in [0.15, 0.2) is 0 Å². The monoisotopic (exact) mass is 328 g/mol. The summed E-state index contributed by atoms with van der Waals surface area (Å²) in [5, 5.41) is 9.63. The molecule has 23 heavy (non-hydrogen) atoms. The van der Waals surface area contributed by atoms with Crippen LogP contribution >= 0.6 is 0 Å². The highest BCUT2D eigenvalue weighted by molar-refractivity contribution is 5.87. The van der Waals surface area contributed by atoms with E-state index in [1.165, 1.54) is 18.2 Å². The van der Waals surface area contributed by atoms with Gasteiger partial charge in [0.05, 0.1) is 11.8 Å². The Morgan fingerprint density at radius 3 is 2.22 bits per heavy atom. The summed E-state index contributed by atoms with van der Waals surface area (Å²) in [6.07, 6.45) is 0.501. The molecular weight excluding hydrogens is 302 g/mol. The molecule has 7 nitrogen and oxygen atoms in total. The van der Waals surface area contributed by atoms with Crippen LogP contribution in [0.1, 0.15) is 27.2 Å². The van der Waals surface area contributed by atoms with Crippen LogP contribution in [0, 0.1) is 11.8 Å². The molecule has 7 heteroatoms. The lowest BCUT2D eigenvalue weighted by atomic mass is 9.87. The van der Waals surface area contributed by atoms with Gasteiger partial charge in [-0.2, -0.15) is 0 Å². The summed E-state index contributed by atoms with van der Waals surface area (Å²) in [5.74, 6) is -1.37. The summed E-state index contributed by atoms with van der Waals surface area (Å²) in [5.41, 5.74) is -0.684. The normalized spacial score (nSPS) is 12.3. The largest absolute Gasteiger partial charge is 0.462 e. The highest BCUT2D eigenvalue weighted by atomic mass is 16.6. The Balaban J connectivity index is 4.22. The van der Waals surface area contributed by atoms with E-state index >= 15 is 0 Å². The Labute approximate surface area is 137 Å². The number of aliphatic hydroxyl groups is 1. The number of esters is 2. The second-order valence-electron chi connectivity index (χ2n) is 6.16. The molecule has 1 radical (unpaired) electrons. The van der Waals surface area contributed by atoms with E-state index in [1.807, 2.05) is 0 Å². The van der Waals surface area contributed by atoms with Crippen molar-refractivity contribution in [3.63, 3.8) is 0 Å². The van der Waals surface area contributed by atoms with E-state index in [-0.39, 0.29) is 31.1 Å². The lowest BCUT2D eigenvalue weighted by Gasteiger charge is -2.23. The molecule has 0 saturated carbocycles. The number of hydrogen-bond donors (Lipinski definition) is 1. The number of hydrogen-bond acceptors (Lipinski definition) is 6. The zero-order valence-corrected chi connectivity index (χ0v) is 14.4. The molecule has 0 aromatic heterocycles. The van der Waals surface area contributed by atoms with E-state index in [0.29, 0.717) is 0 Å². The predicted molar refractivity (Wildman–Crippen MR) is 84.1 cm³/mol. The number of ether oxygens (including phenoxy) is 2. The zero-order valence-electron chi connectivity index (χ0n) is 14.4. The van der Waals surface area contributed by atoms with Gasteiger partial charge in [-0.25, -0.2) is 4.79 Å². The molecule has 1 amide bonds. The van der Waals surface area contributed by atoms with Crippen LogP contribution in [0.5, 0.6) is 0 Å². The maximum absolute atomic E-state index is 12.0. The van der Waals surface area contributed by atoms with Crippen LogP contribution < -0.4 is 0 Å². The quantitative estimate of drug-likeness (QED) is 0.495. The van der Waals surface area contributed by atoms with Crippen molar-refractivity contribution in [2.75, 3.05) is 27.3 Å². The minimum absolute atomic E-state index is 0.197. The number of rotatable bonds is 9. The molecule has 0 aliphatic carbocycles.